The third-order valence-electron chi connectivity index (χ3n) is 5.31. The highest BCUT2D eigenvalue weighted by molar-refractivity contribution is 5.80. The number of guanidine groups is 1. The fourth-order valence-electron chi connectivity index (χ4n) is 3.49. The summed E-state index contributed by atoms with van der Waals surface area (Å²) in [7, 11) is 0. The van der Waals surface area contributed by atoms with Gasteiger partial charge in [0.1, 0.15) is 13.2 Å². The molecule has 1 aromatic rings. The molecule has 0 saturated carbocycles. The van der Waals surface area contributed by atoms with E-state index in [0.717, 1.165) is 50.2 Å². The van der Waals surface area contributed by atoms with Crippen molar-refractivity contribution in [3.05, 3.63) is 23.8 Å². The van der Waals surface area contributed by atoms with Gasteiger partial charge in [-0.15, -0.1) is 0 Å². The molecule has 0 unspecified atom stereocenters. The molecule has 0 aromatic heterocycles. The van der Waals surface area contributed by atoms with Gasteiger partial charge in [0.15, 0.2) is 17.5 Å². The van der Waals surface area contributed by atoms with Crippen molar-refractivity contribution in [2.75, 3.05) is 52.5 Å². The zero-order valence-electron chi connectivity index (χ0n) is 17.5. The molecule has 3 rings (SSSR count). The number of nitrogens with one attached hydrogen (secondary N) is 1. The number of nitrogens with zero attached hydrogens (tertiary/aromatic N) is 3. The van der Waals surface area contributed by atoms with Gasteiger partial charge < -0.3 is 24.6 Å². The average molecular weight is 389 g/mol. The van der Waals surface area contributed by atoms with Crippen molar-refractivity contribution in [1.82, 2.24) is 15.1 Å². The maximum atomic E-state index is 11.6. The highest BCUT2D eigenvalue weighted by Crippen LogP contribution is 2.35. The molecule has 0 bridgehead atoms. The average Bonchev–Trinajstić information content (AvgIpc) is 2.71. The van der Waals surface area contributed by atoms with Crippen LogP contribution in [0.5, 0.6) is 11.5 Å². The molecule has 1 aromatic carbocycles. The van der Waals surface area contributed by atoms with Crippen LogP contribution in [-0.2, 0) is 10.2 Å². The fraction of sp³-hybridized carbons (Fsp3) is 0.619. The standard InChI is InChI=1S/C21H32N4O3/c1-5-22-20(25-10-8-24(9-11-25)16(2)26)23-15-21(3,4)17-6-7-18-19(14-17)28-13-12-27-18/h6-7,14H,5,8-13,15H2,1-4H3,(H,22,23). The summed E-state index contributed by atoms with van der Waals surface area (Å²) in [6, 6.07) is 6.16. The van der Waals surface area contributed by atoms with Gasteiger partial charge >= 0.3 is 0 Å². The Labute approximate surface area is 167 Å². The minimum atomic E-state index is -0.141. The third kappa shape index (κ3) is 4.69. The first kappa shape index (κ1) is 20.3. The van der Waals surface area contributed by atoms with E-state index in [1.807, 2.05) is 11.0 Å². The predicted molar refractivity (Wildman–Crippen MR) is 110 cm³/mol. The van der Waals surface area contributed by atoms with Crippen LogP contribution in [0.25, 0.3) is 0 Å². The highest BCUT2D eigenvalue weighted by Gasteiger charge is 2.25. The normalized spacial score (nSPS) is 17.5. The summed E-state index contributed by atoms with van der Waals surface area (Å²) >= 11 is 0. The van der Waals surface area contributed by atoms with E-state index >= 15 is 0 Å². The summed E-state index contributed by atoms with van der Waals surface area (Å²) < 4.78 is 11.4. The summed E-state index contributed by atoms with van der Waals surface area (Å²) in [5, 5.41) is 3.40. The largest absolute Gasteiger partial charge is 0.486 e. The SMILES string of the molecule is CCNC(=NCC(C)(C)c1ccc2c(c1)OCCO2)N1CCN(C(C)=O)CC1. The third-order valence-corrected chi connectivity index (χ3v) is 5.31. The van der Waals surface area contributed by atoms with Gasteiger partial charge in [-0.25, -0.2) is 0 Å². The molecule has 1 amide bonds. The minimum Gasteiger partial charge on any atom is -0.486 e. The van der Waals surface area contributed by atoms with Crippen LogP contribution < -0.4 is 14.8 Å². The monoisotopic (exact) mass is 388 g/mol. The van der Waals surface area contributed by atoms with E-state index in [2.05, 4.69) is 43.1 Å². The van der Waals surface area contributed by atoms with Crippen molar-refractivity contribution in [2.45, 2.75) is 33.1 Å². The first-order valence-corrected chi connectivity index (χ1v) is 10.1. The zero-order chi connectivity index (χ0) is 20.1. The zero-order valence-corrected chi connectivity index (χ0v) is 17.5. The maximum absolute atomic E-state index is 11.6. The Kier molecular flexibility index (Phi) is 6.31. The lowest BCUT2D eigenvalue weighted by Gasteiger charge is -2.36. The molecular formula is C21H32N4O3. The Balaban J connectivity index is 1.70. The number of carbonyl (C=O) groups excluding carboxylic acids is 1. The van der Waals surface area contributed by atoms with Gasteiger partial charge in [0, 0.05) is 45.1 Å². The second-order valence-corrected chi connectivity index (χ2v) is 7.91. The molecule has 0 radical (unpaired) electrons. The first-order chi connectivity index (χ1) is 13.4. The fourth-order valence-corrected chi connectivity index (χ4v) is 3.49. The minimum absolute atomic E-state index is 0.140. The molecule has 28 heavy (non-hydrogen) atoms. The van der Waals surface area contributed by atoms with Gasteiger partial charge in [-0.1, -0.05) is 19.9 Å². The molecule has 0 spiro atoms. The van der Waals surface area contributed by atoms with Crippen LogP contribution in [0.1, 0.15) is 33.3 Å². The number of amides is 1. The van der Waals surface area contributed by atoms with Crippen molar-refractivity contribution < 1.29 is 14.3 Å². The molecule has 1 N–H and O–H groups in total. The molecule has 0 aliphatic carbocycles. The van der Waals surface area contributed by atoms with E-state index in [1.54, 1.807) is 6.92 Å². The number of carbonyl (C=O) groups is 1. The molecular weight excluding hydrogens is 356 g/mol. The predicted octanol–water partition coefficient (Wildman–Crippen LogP) is 1.86. The number of aliphatic imine (C=N–C) groups is 1. The van der Waals surface area contributed by atoms with Crippen molar-refractivity contribution in [1.29, 1.82) is 0 Å². The molecule has 7 heteroatoms. The van der Waals surface area contributed by atoms with Crippen LogP contribution in [0.2, 0.25) is 0 Å². The lowest BCUT2D eigenvalue weighted by molar-refractivity contribution is -0.130. The van der Waals surface area contributed by atoms with Gasteiger partial charge in [0.25, 0.3) is 0 Å². The maximum Gasteiger partial charge on any atom is 0.219 e. The number of piperazine rings is 1. The highest BCUT2D eigenvalue weighted by atomic mass is 16.6. The Morgan fingerprint density at radius 2 is 1.75 bits per heavy atom. The molecule has 1 saturated heterocycles. The second-order valence-electron chi connectivity index (χ2n) is 7.91. The topological polar surface area (TPSA) is 66.4 Å². The van der Waals surface area contributed by atoms with Crippen molar-refractivity contribution in [3.8, 4) is 11.5 Å². The summed E-state index contributed by atoms with van der Waals surface area (Å²) in [4.78, 5) is 20.6. The van der Waals surface area contributed by atoms with Crippen LogP contribution in [-0.4, -0.2) is 74.1 Å². The number of rotatable bonds is 4. The van der Waals surface area contributed by atoms with Crippen molar-refractivity contribution >= 4 is 11.9 Å². The van der Waals surface area contributed by atoms with Crippen molar-refractivity contribution in [3.63, 3.8) is 0 Å². The van der Waals surface area contributed by atoms with Gasteiger partial charge in [-0.05, 0) is 24.6 Å². The van der Waals surface area contributed by atoms with Crippen LogP contribution in [0, 0.1) is 0 Å². The Bertz CT molecular complexity index is 724. The van der Waals surface area contributed by atoms with Crippen LogP contribution in [0.15, 0.2) is 23.2 Å². The quantitative estimate of drug-likeness (QED) is 0.630. The summed E-state index contributed by atoms with van der Waals surface area (Å²) in [6.45, 7) is 13.8. The van der Waals surface area contributed by atoms with E-state index in [4.69, 9.17) is 14.5 Å². The number of benzene rings is 1. The van der Waals surface area contributed by atoms with E-state index in [0.29, 0.717) is 19.8 Å². The lowest BCUT2D eigenvalue weighted by Crippen LogP contribution is -2.53. The Morgan fingerprint density at radius 1 is 1.11 bits per heavy atom. The van der Waals surface area contributed by atoms with Crippen LogP contribution >= 0.6 is 0 Å². The van der Waals surface area contributed by atoms with Crippen LogP contribution in [0.4, 0.5) is 0 Å². The Hall–Kier alpha value is -2.44. The van der Waals surface area contributed by atoms with Gasteiger partial charge in [-0.2, -0.15) is 0 Å². The summed E-state index contributed by atoms with van der Waals surface area (Å²) in [5.41, 5.74) is 1.04. The van der Waals surface area contributed by atoms with Crippen LogP contribution in [0.3, 0.4) is 0 Å². The molecule has 2 aliphatic heterocycles. The van der Waals surface area contributed by atoms with Crippen molar-refractivity contribution in [2.24, 2.45) is 4.99 Å². The van der Waals surface area contributed by atoms with E-state index < -0.39 is 0 Å². The molecule has 1 fully saturated rings. The van der Waals surface area contributed by atoms with Gasteiger partial charge in [0.05, 0.1) is 6.54 Å². The summed E-state index contributed by atoms with van der Waals surface area (Å²) in [5.74, 6) is 2.68. The Morgan fingerprint density at radius 3 is 2.39 bits per heavy atom. The number of ether oxygens (including phenoxy) is 2. The smallest absolute Gasteiger partial charge is 0.219 e. The van der Waals surface area contributed by atoms with E-state index in [-0.39, 0.29) is 11.3 Å². The number of hydrogen-bond donors (Lipinski definition) is 1. The lowest BCUT2D eigenvalue weighted by atomic mass is 9.84. The molecule has 154 valence electrons. The molecule has 2 aliphatic rings. The van der Waals surface area contributed by atoms with Gasteiger partial charge in [0.2, 0.25) is 5.91 Å². The summed E-state index contributed by atoms with van der Waals surface area (Å²) in [6.07, 6.45) is 0. The van der Waals surface area contributed by atoms with Gasteiger partial charge in [-0.3, -0.25) is 9.79 Å². The molecule has 7 nitrogen and oxygen atoms in total. The molecule has 0 atom stereocenters. The first-order valence-electron chi connectivity index (χ1n) is 10.1. The number of hydrogen-bond acceptors (Lipinski definition) is 4. The second kappa shape index (κ2) is 8.71. The van der Waals surface area contributed by atoms with E-state index in [9.17, 15) is 4.79 Å². The molecule has 2 heterocycles. The van der Waals surface area contributed by atoms with E-state index in [1.165, 1.54) is 5.56 Å². The number of fused-ring (bicyclic) bond motifs is 1.